The first-order valence-electron chi connectivity index (χ1n) is 7.82. The summed E-state index contributed by atoms with van der Waals surface area (Å²) in [4.78, 5) is 18.4. The molecule has 134 valence electrons. The number of nitrogens with zero attached hydrogens (tertiary/aromatic N) is 2. The zero-order valence-electron chi connectivity index (χ0n) is 13.2. The molecule has 1 aromatic heterocycles. The molecule has 9 heteroatoms. The van der Waals surface area contributed by atoms with Gasteiger partial charge in [0.2, 0.25) is 0 Å². The van der Waals surface area contributed by atoms with Crippen molar-refractivity contribution in [2.45, 2.75) is 25.1 Å². The fourth-order valence-electron chi connectivity index (χ4n) is 2.79. The molecule has 0 bridgehead atoms. The van der Waals surface area contributed by atoms with Crippen LogP contribution in [-0.2, 0) is 6.18 Å². The van der Waals surface area contributed by atoms with Crippen LogP contribution in [0.1, 0.15) is 18.4 Å². The lowest BCUT2D eigenvalue weighted by Crippen LogP contribution is -2.41. The van der Waals surface area contributed by atoms with Crippen molar-refractivity contribution in [1.82, 2.24) is 10.3 Å². The number of benzene rings is 1. The van der Waals surface area contributed by atoms with Crippen molar-refractivity contribution < 1.29 is 18.0 Å². The number of halogens is 3. The third kappa shape index (κ3) is 4.41. The average Bonchev–Trinajstić information content (AvgIpc) is 3.23. The molecule has 0 aliphatic carbocycles. The van der Waals surface area contributed by atoms with Gasteiger partial charge in [-0.1, -0.05) is 0 Å². The molecule has 2 aromatic rings. The average molecular weight is 370 g/mol. The molecule has 2 heterocycles. The quantitative estimate of drug-likeness (QED) is 0.857. The molecule has 0 radical (unpaired) electrons. The maximum Gasteiger partial charge on any atom is 0.416 e. The van der Waals surface area contributed by atoms with Crippen LogP contribution in [0.15, 0.2) is 35.8 Å². The van der Waals surface area contributed by atoms with Gasteiger partial charge in [0, 0.05) is 36.4 Å². The SMILES string of the molecule is O=C(NCC1CCCN1c1nccs1)Nc1ccc(C(F)(F)F)cc1. The van der Waals surface area contributed by atoms with Crippen LogP contribution in [0.2, 0.25) is 0 Å². The van der Waals surface area contributed by atoms with Gasteiger partial charge in [-0.15, -0.1) is 11.3 Å². The number of aromatic nitrogens is 1. The highest BCUT2D eigenvalue weighted by atomic mass is 32.1. The van der Waals surface area contributed by atoms with Crippen LogP contribution in [-0.4, -0.2) is 30.1 Å². The van der Waals surface area contributed by atoms with Crippen LogP contribution >= 0.6 is 11.3 Å². The van der Waals surface area contributed by atoms with Crippen molar-refractivity contribution in [3.05, 3.63) is 41.4 Å². The van der Waals surface area contributed by atoms with Gasteiger partial charge < -0.3 is 15.5 Å². The summed E-state index contributed by atoms with van der Waals surface area (Å²) in [5.74, 6) is 0. The number of hydrogen-bond acceptors (Lipinski definition) is 4. The number of carbonyl (C=O) groups excluding carboxylic acids is 1. The maximum absolute atomic E-state index is 12.5. The minimum absolute atomic E-state index is 0.171. The Morgan fingerprint density at radius 1 is 1.32 bits per heavy atom. The van der Waals surface area contributed by atoms with E-state index in [0.717, 1.165) is 36.7 Å². The Morgan fingerprint density at radius 3 is 2.72 bits per heavy atom. The fourth-order valence-corrected chi connectivity index (χ4v) is 3.53. The zero-order chi connectivity index (χ0) is 17.9. The Bertz CT molecular complexity index is 703. The summed E-state index contributed by atoms with van der Waals surface area (Å²) in [5, 5.41) is 8.17. The van der Waals surface area contributed by atoms with E-state index in [2.05, 4.69) is 20.5 Å². The smallest absolute Gasteiger partial charge is 0.343 e. The molecule has 5 nitrogen and oxygen atoms in total. The van der Waals surface area contributed by atoms with Crippen LogP contribution in [0.5, 0.6) is 0 Å². The first kappa shape index (κ1) is 17.5. The Kier molecular flexibility index (Phi) is 5.12. The van der Waals surface area contributed by atoms with E-state index in [1.807, 2.05) is 5.38 Å². The van der Waals surface area contributed by atoms with Gasteiger partial charge in [-0.05, 0) is 37.1 Å². The van der Waals surface area contributed by atoms with E-state index in [1.54, 1.807) is 17.5 Å². The van der Waals surface area contributed by atoms with E-state index in [1.165, 1.54) is 12.1 Å². The first-order chi connectivity index (χ1) is 11.9. The molecule has 2 amide bonds. The number of urea groups is 1. The minimum Gasteiger partial charge on any atom is -0.343 e. The lowest BCUT2D eigenvalue weighted by Gasteiger charge is -2.24. The molecule has 1 aliphatic rings. The van der Waals surface area contributed by atoms with Crippen molar-refractivity contribution >= 4 is 28.2 Å². The van der Waals surface area contributed by atoms with Crippen LogP contribution < -0.4 is 15.5 Å². The first-order valence-corrected chi connectivity index (χ1v) is 8.70. The van der Waals surface area contributed by atoms with Gasteiger partial charge in [-0.3, -0.25) is 0 Å². The number of amides is 2. The molecule has 1 saturated heterocycles. The van der Waals surface area contributed by atoms with Crippen molar-refractivity contribution in [2.75, 3.05) is 23.3 Å². The summed E-state index contributed by atoms with van der Waals surface area (Å²) >= 11 is 1.56. The topological polar surface area (TPSA) is 57.3 Å². The van der Waals surface area contributed by atoms with E-state index >= 15 is 0 Å². The number of carbonyl (C=O) groups is 1. The number of rotatable bonds is 4. The Hall–Kier alpha value is -2.29. The Morgan fingerprint density at radius 2 is 2.08 bits per heavy atom. The summed E-state index contributed by atoms with van der Waals surface area (Å²) in [5.41, 5.74) is -0.433. The van der Waals surface area contributed by atoms with Crippen molar-refractivity contribution in [1.29, 1.82) is 0 Å². The van der Waals surface area contributed by atoms with Crippen LogP contribution in [0.4, 0.5) is 28.8 Å². The third-order valence-electron chi connectivity index (χ3n) is 4.01. The van der Waals surface area contributed by atoms with E-state index in [9.17, 15) is 18.0 Å². The summed E-state index contributed by atoms with van der Waals surface area (Å²) in [6.45, 7) is 1.35. The second-order valence-electron chi connectivity index (χ2n) is 5.71. The van der Waals surface area contributed by atoms with Crippen molar-refractivity contribution in [3.63, 3.8) is 0 Å². The van der Waals surface area contributed by atoms with Crippen LogP contribution in [0.25, 0.3) is 0 Å². The molecule has 1 aliphatic heterocycles. The number of thiazole rings is 1. The molecule has 1 unspecified atom stereocenters. The maximum atomic E-state index is 12.5. The predicted octanol–water partition coefficient (Wildman–Crippen LogP) is 3.95. The van der Waals surface area contributed by atoms with Gasteiger partial charge in [0.25, 0.3) is 0 Å². The molecule has 3 rings (SSSR count). The van der Waals surface area contributed by atoms with Gasteiger partial charge in [0.15, 0.2) is 5.13 Å². The van der Waals surface area contributed by atoms with E-state index in [4.69, 9.17) is 0 Å². The lowest BCUT2D eigenvalue weighted by atomic mass is 10.2. The molecule has 1 fully saturated rings. The van der Waals surface area contributed by atoms with E-state index < -0.39 is 17.8 Å². The summed E-state index contributed by atoms with van der Waals surface area (Å²) in [7, 11) is 0. The highest BCUT2D eigenvalue weighted by molar-refractivity contribution is 7.13. The Balaban J connectivity index is 1.51. The number of hydrogen-bond donors (Lipinski definition) is 2. The summed E-state index contributed by atoms with van der Waals surface area (Å²) in [6.07, 6.45) is -0.644. The van der Waals surface area contributed by atoms with Gasteiger partial charge in [0.1, 0.15) is 0 Å². The summed E-state index contributed by atoms with van der Waals surface area (Å²) < 4.78 is 37.6. The number of anilines is 2. The molecular formula is C16H17F3N4OS. The number of alkyl halides is 3. The van der Waals surface area contributed by atoms with E-state index in [0.29, 0.717) is 12.2 Å². The van der Waals surface area contributed by atoms with Crippen LogP contribution in [0.3, 0.4) is 0 Å². The highest BCUT2D eigenvalue weighted by Gasteiger charge is 2.30. The van der Waals surface area contributed by atoms with Gasteiger partial charge in [0.05, 0.1) is 5.56 Å². The van der Waals surface area contributed by atoms with Crippen molar-refractivity contribution in [2.24, 2.45) is 0 Å². The third-order valence-corrected chi connectivity index (χ3v) is 4.82. The van der Waals surface area contributed by atoms with Crippen molar-refractivity contribution in [3.8, 4) is 0 Å². The molecule has 0 spiro atoms. The monoisotopic (exact) mass is 370 g/mol. The minimum atomic E-state index is -4.39. The fraction of sp³-hybridized carbons (Fsp3) is 0.375. The predicted molar refractivity (Wildman–Crippen MR) is 90.9 cm³/mol. The molecule has 25 heavy (non-hydrogen) atoms. The normalized spacial score (nSPS) is 17.6. The lowest BCUT2D eigenvalue weighted by molar-refractivity contribution is -0.137. The molecule has 0 saturated carbocycles. The summed E-state index contributed by atoms with van der Waals surface area (Å²) in [6, 6.07) is 4.09. The second kappa shape index (κ2) is 7.30. The van der Waals surface area contributed by atoms with E-state index in [-0.39, 0.29) is 6.04 Å². The highest BCUT2D eigenvalue weighted by Crippen LogP contribution is 2.30. The van der Waals surface area contributed by atoms with Gasteiger partial charge >= 0.3 is 12.2 Å². The van der Waals surface area contributed by atoms with Crippen LogP contribution in [0, 0.1) is 0 Å². The molecule has 1 atom stereocenters. The van der Waals surface area contributed by atoms with Gasteiger partial charge in [-0.2, -0.15) is 13.2 Å². The second-order valence-corrected chi connectivity index (χ2v) is 6.59. The molecular weight excluding hydrogens is 353 g/mol. The van der Waals surface area contributed by atoms with Gasteiger partial charge in [-0.25, -0.2) is 9.78 Å². The molecule has 2 N–H and O–H groups in total. The standard InChI is InChI=1S/C16H17F3N4OS/c17-16(18,19)11-3-5-12(6-4-11)22-14(24)21-10-13-2-1-8-23(13)15-20-7-9-25-15/h3-7,9,13H,1-2,8,10H2,(H2,21,22,24). The number of nitrogens with one attached hydrogen (secondary N) is 2. The molecule has 1 aromatic carbocycles. The zero-order valence-corrected chi connectivity index (χ0v) is 14.0. The largest absolute Gasteiger partial charge is 0.416 e. The Labute approximate surface area is 146 Å².